The molecule has 0 spiro atoms. The SMILES string of the molecule is CC(C)CC(NC(=O)c1ccc(Br)o1)C(=O)N(C)C. The third kappa shape index (κ3) is 4.70. The van der Waals surface area contributed by atoms with Crippen molar-refractivity contribution in [3.63, 3.8) is 0 Å². The molecule has 19 heavy (non-hydrogen) atoms. The minimum atomic E-state index is -0.536. The van der Waals surface area contributed by atoms with Crippen LogP contribution in [0.25, 0.3) is 0 Å². The van der Waals surface area contributed by atoms with Gasteiger partial charge >= 0.3 is 0 Å². The summed E-state index contributed by atoms with van der Waals surface area (Å²) in [5, 5.41) is 2.71. The molecule has 0 saturated heterocycles. The Bertz CT molecular complexity index is 454. The van der Waals surface area contributed by atoms with E-state index in [9.17, 15) is 9.59 Å². The Labute approximate surface area is 121 Å². The average Bonchev–Trinajstić information content (AvgIpc) is 2.73. The Morgan fingerprint density at radius 2 is 2.00 bits per heavy atom. The molecule has 0 aromatic carbocycles. The van der Waals surface area contributed by atoms with Crippen molar-refractivity contribution in [2.24, 2.45) is 5.92 Å². The molecule has 1 atom stereocenters. The Balaban J connectivity index is 2.77. The largest absolute Gasteiger partial charge is 0.444 e. The number of nitrogens with one attached hydrogen (secondary N) is 1. The number of carbonyl (C=O) groups is 2. The first-order chi connectivity index (χ1) is 8.81. The highest BCUT2D eigenvalue weighted by Gasteiger charge is 2.24. The molecule has 0 bridgehead atoms. The molecule has 1 rings (SSSR count). The predicted octanol–water partition coefficient (Wildman–Crippen LogP) is 2.27. The summed E-state index contributed by atoms with van der Waals surface area (Å²) in [4.78, 5) is 25.5. The summed E-state index contributed by atoms with van der Waals surface area (Å²) in [6.07, 6.45) is 0.588. The number of carbonyl (C=O) groups excluding carboxylic acids is 2. The molecule has 0 aliphatic carbocycles. The zero-order valence-electron chi connectivity index (χ0n) is 11.6. The van der Waals surface area contributed by atoms with Gasteiger partial charge in [-0.15, -0.1) is 0 Å². The van der Waals surface area contributed by atoms with Gasteiger partial charge in [-0.25, -0.2) is 0 Å². The van der Waals surface area contributed by atoms with Gasteiger partial charge in [0.1, 0.15) is 6.04 Å². The van der Waals surface area contributed by atoms with E-state index in [-0.39, 0.29) is 17.6 Å². The van der Waals surface area contributed by atoms with Crippen molar-refractivity contribution in [2.45, 2.75) is 26.3 Å². The second-order valence-corrected chi connectivity index (χ2v) is 5.77. The van der Waals surface area contributed by atoms with E-state index in [2.05, 4.69) is 21.2 Å². The van der Waals surface area contributed by atoms with E-state index < -0.39 is 6.04 Å². The minimum Gasteiger partial charge on any atom is -0.444 e. The van der Waals surface area contributed by atoms with Crippen molar-refractivity contribution in [2.75, 3.05) is 14.1 Å². The van der Waals surface area contributed by atoms with E-state index in [4.69, 9.17) is 4.42 Å². The maximum absolute atomic E-state index is 12.0. The van der Waals surface area contributed by atoms with Gasteiger partial charge in [-0.3, -0.25) is 9.59 Å². The van der Waals surface area contributed by atoms with Crippen LogP contribution in [-0.2, 0) is 4.79 Å². The van der Waals surface area contributed by atoms with Crippen molar-refractivity contribution in [3.8, 4) is 0 Å². The summed E-state index contributed by atoms with van der Waals surface area (Å²) in [6.45, 7) is 4.01. The van der Waals surface area contributed by atoms with Crippen LogP contribution in [0, 0.1) is 5.92 Å². The molecule has 106 valence electrons. The molecule has 5 nitrogen and oxygen atoms in total. The fourth-order valence-corrected chi connectivity index (χ4v) is 1.98. The molecular formula is C13H19BrN2O3. The van der Waals surface area contributed by atoms with Crippen LogP contribution in [0.5, 0.6) is 0 Å². The Morgan fingerprint density at radius 1 is 1.37 bits per heavy atom. The summed E-state index contributed by atoms with van der Waals surface area (Å²) in [5.74, 6) is -0.0102. The van der Waals surface area contributed by atoms with Crippen molar-refractivity contribution in [1.82, 2.24) is 10.2 Å². The first kappa shape index (κ1) is 15.8. The minimum absolute atomic E-state index is 0.118. The highest BCUT2D eigenvalue weighted by Crippen LogP contribution is 2.15. The molecule has 0 aliphatic rings. The highest BCUT2D eigenvalue weighted by atomic mass is 79.9. The Kier molecular flexibility index (Phi) is 5.60. The van der Waals surface area contributed by atoms with Gasteiger partial charge in [-0.05, 0) is 40.4 Å². The smallest absolute Gasteiger partial charge is 0.287 e. The van der Waals surface area contributed by atoms with Crippen molar-refractivity contribution in [1.29, 1.82) is 0 Å². The lowest BCUT2D eigenvalue weighted by Crippen LogP contribution is -2.46. The lowest BCUT2D eigenvalue weighted by molar-refractivity contribution is -0.131. The second-order valence-electron chi connectivity index (χ2n) is 4.99. The predicted molar refractivity (Wildman–Crippen MR) is 75.8 cm³/mol. The molecule has 0 saturated carbocycles. The van der Waals surface area contributed by atoms with Gasteiger partial charge in [-0.2, -0.15) is 0 Å². The van der Waals surface area contributed by atoms with Gasteiger partial charge in [0, 0.05) is 14.1 Å². The summed E-state index contributed by atoms with van der Waals surface area (Å²) in [7, 11) is 3.34. The normalized spacial score (nSPS) is 12.3. The first-order valence-corrected chi connectivity index (χ1v) is 6.88. The highest BCUT2D eigenvalue weighted by molar-refractivity contribution is 9.10. The van der Waals surface area contributed by atoms with Crippen LogP contribution >= 0.6 is 15.9 Å². The molecule has 0 radical (unpaired) electrons. The van der Waals surface area contributed by atoms with E-state index >= 15 is 0 Å². The van der Waals surface area contributed by atoms with Crippen molar-refractivity contribution in [3.05, 3.63) is 22.6 Å². The molecule has 1 unspecified atom stereocenters. The van der Waals surface area contributed by atoms with Gasteiger partial charge in [-0.1, -0.05) is 13.8 Å². The molecule has 0 aliphatic heterocycles. The summed E-state index contributed by atoms with van der Waals surface area (Å²) in [6, 6.07) is 2.66. The maximum Gasteiger partial charge on any atom is 0.287 e. The fourth-order valence-electron chi connectivity index (χ4n) is 1.67. The number of amides is 2. The van der Waals surface area contributed by atoms with Crippen molar-refractivity contribution >= 4 is 27.7 Å². The fraction of sp³-hybridized carbons (Fsp3) is 0.538. The Morgan fingerprint density at radius 3 is 2.42 bits per heavy atom. The van der Waals surface area contributed by atoms with E-state index in [0.717, 1.165) is 0 Å². The quantitative estimate of drug-likeness (QED) is 0.900. The molecule has 1 heterocycles. The molecule has 1 aromatic rings. The number of halogens is 1. The standard InChI is InChI=1S/C13H19BrN2O3/c1-8(2)7-9(13(18)16(3)4)15-12(17)10-5-6-11(14)19-10/h5-6,8-9H,7H2,1-4H3,(H,15,17). The van der Waals surface area contributed by atoms with Gasteiger partial charge in [0.05, 0.1) is 0 Å². The van der Waals surface area contributed by atoms with Crippen LogP contribution in [-0.4, -0.2) is 36.9 Å². The lowest BCUT2D eigenvalue weighted by atomic mass is 10.0. The molecule has 6 heteroatoms. The molecule has 1 aromatic heterocycles. The summed E-state index contributed by atoms with van der Waals surface area (Å²) in [5.41, 5.74) is 0. The summed E-state index contributed by atoms with van der Waals surface area (Å²) >= 11 is 3.14. The summed E-state index contributed by atoms with van der Waals surface area (Å²) < 4.78 is 5.65. The van der Waals surface area contributed by atoms with E-state index in [1.54, 1.807) is 26.2 Å². The van der Waals surface area contributed by atoms with Gasteiger partial charge in [0.25, 0.3) is 5.91 Å². The zero-order chi connectivity index (χ0) is 14.6. The monoisotopic (exact) mass is 330 g/mol. The number of hydrogen-bond donors (Lipinski definition) is 1. The third-order valence-corrected chi connectivity index (χ3v) is 2.97. The van der Waals surface area contributed by atoms with Crippen LogP contribution < -0.4 is 5.32 Å². The van der Waals surface area contributed by atoms with Crippen LogP contribution in [0.1, 0.15) is 30.8 Å². The average molecular weight is 331 g/mol. The van der Waals surface area contributed by atoms with Crippen LogP contribution in [0.3, 0.4) is 0 Å². The van der Waals surface area contributed by atoms with Gasteiger partial charge in [0.15, 0.2) is 10.4 Å². The topological polar surface area (TPSA) is 62.6 Å². The van der Waals surface area contributed by atoms with Crippen LogP contribution in [0.15, 0.2) is 21.2 Å². The number of likely N-dealkylation sites (N-methyl/N-ethyl adjacent to an activating group) is 1. The number of hydrogen-bond acceptors (Lipinski definition) is 3. The van der Waals surface area contributed by atoms with E-state index in [1.807, 2.05) is 13.8 Å². The molecule has 0 fully saturated rings. The van der Waals surface area contributed by atoms with E-state index in [0.29, 0.717) is 17.0 Å². The number of furan rings is 1. The van der Waals surface area contributed by atoms with Crippen molar-refractivity contribution < 1.29 is 14.0 Å². The Hall–Kier alpha value is -1.30. The maximum atomic E-state index is 12.0. The second kappa shape index (κ2) is 6.75. The van der Waals surface area contributed by atoms with Crippen LogP contribution in [0.2, 0.25) is 0 Å². The first-order valence-electron chi connectivity index (χ1n) is 6.08. The third-order valence-electron chi connectivity index (χ3n) is 2.55. The lowest BCUT2D eigenvalue weighted by Gasteiger charge is -2.22. The van der Waals surface area contributed by atoms with Gasteiger partial charge in [0.2, 0.25) is 5.91 Å². The number of rotatable bonds is 5. The molecule has 1 N–H and O–H groups in total. The zero-order valence-corrected chi connectivity index (χ0v) is 13.2. The van der Waals surface area contributed by atoms with Crippen LogP contribution in [0.4, 0.5) is 0 Å². The molecular weight excluding hydrogens is 312 g/mol. The molecule has 2 amide bonds. The van der Waals surface area contributed by atoms with Gasteiger partial charge < -0.3 is 14.6 Å². The van der Waals surface area contributed by atoms with E-state index in [1.165, 1.54) is 4.90 Å². The number of nitrogens with zero attached hydrogens (tertiary/aromatic N) is 1.